The average molecular weight is 247 g/mol. The van der Waals surface area contributed by atoms with Crippen molar-refractivity contribution in [1.29, 1.82) is 0 Å². The summed E-state index contributed by atoms with van der Waals surface area (Å²) in [7, 11) is 0. The first-order chi connectivity index (χ1) is 8.77. The largest absolute Gasteiger partial charge is 0.493 e. The molecule has 0 aliphatic carbocycles. The second-order valence-corrected chi connectivity index (χ2v) is 5.25. The summed E-state index contributed by atoms with van der Waals surface area (Å²) in [6, 6.07) is 7.01. The Morgan fingerprint density at radius 3 is 2.89 bits per heavy atom. The van der Waals surface area contributed by atoms with E-state index in [1.54, 1.807) is 0 Å². The Morgan fingerprint density at radius 1 is 1.33 bits per heavy atom. The number of ether oxygens (including phenoxy) is 1. The minimum Gasteiger partial charge on any atom is -0.493 e. The lowest BCUT2D eigenvalue weighted by Gasteiger charge is -2.26. The van der Waals surface area contributed by atoms with Gasteiger partial charge in [0.2, 0.25) is 0 Å². The topological polar surface area (TPSA) is 21.3 Å². The Balaban J connectivity index is 2.27. The molecule has 2 nitrogen and oxygen atoms in total. The Morgan fingerprint density at radius 2 is 2.17 bits per heavy atom. The van der Waals surface area contributed by atoms with Crippen LogP contribution in [0.25, 0.3) is 0 Å². The first kappa shape index (κ1) is 13.4. The molecular formula is C16H25NO. The summed E-state index contributed by atoms with van der Waals surface area (Å²) in [5.41, 5.74) is 2.73. The van der Waals surface area contributed by atoms with Gasteiger partial charge in [0.05, 0.1) is 6.61 Å². The fourth-order valence-corrected chi connectivity index (χ4v) is 2.64. The molecule has 0 amide bonds. The lowest BCUT2D eigenvalue weighted by molar-refractivity contribution is 0.329. The zero-order valence-corrected chi connectivity index (χ0v) is 11.8. The molecule has 18 heavy (non-hydrogen) atoms. The summed E-state index contributed by atoms with van der Waals surface area (Å²) in [5.74, 6) is 1.78. The van der Waals surface area contributed by atoms with Gasteiger partial charge in [-0.05, 0) is 24.4 Å². The molecule has 0 spiro atoms. The van der Waals surface area contributed by atoms with Crippen LogP contribution in [0.3, 0.4) is 0 Å². The molecule has 0 aromatic heterocycles. The normalized spacial score (nSPS) is 17.1. The fraction of sp³-hybridized carbons (Fsp3) is 0.625. The van der Waals surface area contributed by atoms with Crippen LogP contribution < -0.4 is 10.1 Å². The van der Waals surface area contributed by atoms with Crippen molar-refractivity contribution in [1.82, 2.24) is 5.32 Å². The van der Waals surface area contributed by atoms with Crippen LogP contribution in [0.5, 0.6) is 5.75 Å². The molecule has 2 atom stereocenters. The van der Waals surface area contributed by atoms with Gasteiger partial charge >= 0.3 is 0 Å². The highest BCUT2D eigenvalue weighted by atomic mass is 16.5. The molecule has 2 unspecified atom stereocenters. The fourth-order valence-electron chi connectivity index (χ4n) is 2.64. The second kappa shape index (κ2) is 6.24. The highest BCUT2D eigenvalue weighted by Gasteiger charge is 2.24. The van der Waals surface area contributed by atoms with Crippen molar-refractivity contribution in [3.8, 4) is 5.75 Å². The van der Waals surface area contributed by atoms with E-state index in [0.29, 0.717) is 12.0 Å². The van der Waals surface area contributed by atoms with Gasteiger partial charge in [0.25, 0.3) is 0 Å². The van der Waals surface area contributed by atoms with Crippen LogP contribution in [0.15, 0.2) is 18.2 Å². The molecule has 2 rings (SSSR count). The summed E-state index contributed by atoms with van der Waals surface area (Å²) >= 11 is 0. The average Bonchev–Trinajstić information content (AvgIpc) is 2.87. The molecule has 1 aliphatic rings. The van der Waals surface area contributed by atoms with Gasteiger partial charge in [-0.2, -0.15) is 0 Å². The Hall–Kier alpha value is -1.02. The standard InChI is InChI=1S/C16H25NO/c1-4-10-17-15(12(3)5-2)14-8-6-7-13-9-11-18-16(13)14/h6-8,12,15,17H,4-5,9-11H2,1-3H3. The van der Waals surface area contributed by atoms with E-state index >= 15 is 0 Å². The smallest absolute Gasteiger partial charge is 0.127 e. The zero-order chi connectivity index (χ0) is 13.0. The molecule has 1 aromatic rings. The molecule has 1 aliphatic heterocycles. The van der Waals surface area contributed by atoms with E-state index in [9.17, 15) is 0 Å². The molecule has 0 fully saturated rings. The molecule has 1 aromatic carbocycles. The molecule has 1 N–H and O–H groups in total. The van der Waals surface area contributed by atoms with E-state index in [0.717, 1.165) is 25.3 Å². The van der Waals surface area contributed by atoms with Crippen LogP contribution in [0.1, 0.15) is 50.8 Å². The number of hydrogen-bond acceptors (Lipinski definition) is 2. The minimum absolute atomic E-state index is 0.419. The van der Waals surface area contributed by atoms with Gasteiger partial charge in [0, 0.05) is 18.0 Å². The van der Waals surface area contributed by atoms with Gasteiger partial charge < -0.3 is 10.1 Å². The van der Waals surface area contributed by atoms with Crippen molar-refractivity contribution < 1.29 is 4.74 Å². The number of hydrogen-bond donors (Lipinski definition) is 1. The predicted octanol–water partition coefficient (Wildman–Crippen LogP) is 3.71. The maximum atomic E-state index is 5.85. The number of rotatable bonds is 6. The Kier molecular flexibility index (Phi) is 4.65. The monoisotopic (exact) mass is 247 g/mol. The van der Waals surface area contributed by atoms with E-state index < -0.39 is 0 Å². The third kappa shape index (κ3) is 2.69. The number of nitrogens with one attached hydrogen (secondary N) is 1. The van der Waals surface area contributed by atoms with Crippen LogP contribution in [0, 0.1) is 5.92 Å². The van der Waals surface area contributed by atoms with E-state index in [4.69, 9.17) is 4.74 Å². The third-order valence-electron chi connectivity index (χ3n) is 3.91. The highest BCUT2D eigenvalue weighted by molar-refractivity contribution is 5.45. The second-order valence-electron chi connectivity index (χ2n) is 5.25. The van der Waals surface area contributed by atoms with Crippen molar-refractivity contribution in [2.75, 3.05) is 13.2 Å². The molecule has 2 heteroatoms. The van der Waals surface area contributed by atoms with Crippen molar-refractivity contribution in [3.05, 3.63) is 29.3 Å². The molecule has 1 heterocycles. The summed E-state index contributed by atoms with van der Waals surface area (Å²) < 4.78 is 5.85. The van der Waals surface area contributed by atoms with Crippen molar-refractivity contribution >= 4 is 0 Å². The number of benzene rings is 1. The maximum absolute atomic E-state index is 5.85. The summed E-state index contributed by atoms with van der Waals surface area (Å²) in [6.45, 7) is 8.70. The van der Waals surface area contributed by atoms with Crippen LogP contribution in [-0.4, -0.2) is 13.2 Å². The van der Waals surface area contributed by atoms with Crippen LogP contribution in [0.2, 0.25) is 0 Å². The van der Waals surface area contributed by atoms with Gasteiger partial charge in [-0.1, -0.05) is 45.4 Å². The molecule has 0 radical (unpaired) electrons. The van der Waals surface area contributed by atoms with Gasteiger partial charge in [0.1, 0.15) is 5.75 Å². The van der Waals surface area contributed by atoms with Gasteiger partial charge in [0.15, 0.2) is 0 Å². The van der Waals surface area contributed by atoms with Crippen LogP contribution >= 0.6 is 0 Å². The molecule has 0 saturated carbocycles. The quantitative estimate of drug-likeness (QED) is 0.827. The molecule has 0 saturated heterocycles. The molecular weight excluding hydrogens is 222 g/mol. The summed E-state index contributed by atoms with van der Waals surface area (Å²) in [6.07, 6.45) is 3.41. The van der Waals surface area contributed by atoms with Crippen molar-refractivity contribution in [2.45, 2.75) is 46.1 Å². The van der Waals surface area contributed by atoms with E-state index in [2.05, 4.69) is 44.3 Å². The van der Waals surface area contributed by atoms with Crippen LogP contribution in [0.4, 0.5) is 0 Å². The molecule has 0 bridgehead atoms. The lowest BCUT2D eigenvalue weighted by atomic mass is 9.90. The van der Waals surface area contributed by atoms with Gasteiger partial charge in [-0.3, -0.25) is 0 Å². The van der Waals surface area contributed by atoms with Crippen LogP contribution in [-0.2, 0) is 6.42 Å². The summed E-state index contributed by atoms with van der Waals surface area (Å²) in [5, 5.41) is 3.69. The van der Waals surface area contributed by atoms with E-state index in [-0.39, 0.29) is 0 Å². The number of para-hydroxylation sites is 1. The van der Waals surface area contributed by atoms with E-state index in [1.165, 1.54) is 24.0 Å². The van der Waals surface area contributed by atoms with Crippen molar-refractivity contribution in [3.63, 3.8) is 0 Å². The zero-order valence-electron chi connectivity index (χ0n) is 11.8. The lowest BCUT2D eigenvalue weighted by Crippen LogP contribution is -2.27. The van der Waals surface area contributed by atoms with E-state index in [1.807, 2.05) is 0 Å². The predicted molar refractivity (Wildman–Crippen MR) is 76.1 cm³/mol. The SMILES string of the molecule is CCCNC(c1cccc2c1OCC2)C(C)CC. The van der Waals surface area contributed by atoms with Gasteiger partial charge in [-0.15, -0.1) is 0 Å². The first-order valence-electron chi connectivity index (χ1n) is 7.25. The van der Waals surface area contributed by atoms with Gasteiger partial charge in [-0.25, -0.2) is 0 Å². The maximum Gasteiger partial charge on any atom is 0.127 e. The minimum atomic E-state index is 0.419. The Bertz CT molecular complexity index is 389. The Labute approximate surface area is 111 Å². The molecule has 100 valence electrons. The first-order valence-corrected chi connectivity index (χ1v) is 7.25. The third-order valence-corrected chi connectivity index (χ3v) is 3.91. The van der Waals surface area contributed by atoms with Crippen molar-refractivity contribution in [2.24, 2.45) is 5.92 Å². The summed E-state index contributed by atoms with van der Waals surface area (Å²) in [4.78, 5) is 0. The highest BCUT2D eigenvalue weighted by Crippen LogP contribution is 2.36. The number of fused-ring (bicyclic) bond motifs is 1.